The largest absolute Gasteiger partial charge is 0.492 e. The van der Waals surface area contributed by atoms with E-state index in [2.05, 4.69) is 0 Å². The number of hydrogen-bond donors (Lipinski definition) is 1. The van der Waals surface area contributed by atoms with Gasteiger partial charge in [0.25, 0.3) is 0 Å². The number of amides is 1. The standard InChI is InChI=1S/C13H16ClF3N2O2/c1-19(8-12(20)18-9-13(15,16)17)6-7-21-11-4-2-10(14)3-5-11/h2-5H,6-9H2,1H3,(H,18,20). The number of rotatable bonds is 7. The van der Waals surface area contributed by atoms with Gasteiger partial charge in [-0.15, -0.1) is 0 Å². The van der Waals surface area contributed by atoms with Gasteiger partial charge in [-0.05, 0) is 31.3 Å². The molecule has 0 aromatic heterocycles. The lowest BCUT2D eigenvalue weighted by atomic mass is 10.3. The van der Waals surface area contributed by atoms with E-state index in [0.29, 0.717) is 23.9 Å². The number of carbonyl (C=O) groups is 1. The minimum Gasteiger partial charge on any atom is -0.492 e. The highest BCUT2D eigenvalue weighted by Crippen LogP contribution is 2.15. The van der Waals surface area contributed by atoms with Crippen molar-refractivity contribution in [2.45, 2.75) is 6.18 Å². The molecule has 0 saturated heterocycles. The van der Waals surface area contributed by atoms with E-state index in [0.717, 1.165) is 0 Å². The lowest BCUT2D eigenvalue weighted by Gasteiger charge is -2.17. The quantitative estimate of drug-likeness (QED) is 0.837. The highest BCUT2D eigenvalue weighted by atomic mass is 35.5. The molecule has 0 bridgehead atoms. The summed E-state index contributed by atoms with van der Waals surface area (Å²) in [4.78, 5) is 12.8. The fourth-order valence-corrected chi connectivity index (χ4v) is 1.56. The van der Waals surface area contributed by atoms with Gasteiger partial charge < -0.3 is 10.1 Å². The van der Waals surface area contributed by atoms with Crippen molar-refractivity contribution >= 4 is 17.5 Å². The van der Waals surface area contributed by atoms with Crippen molar-refractivity contribution in [3.05, 3.63) is 29.3 Å². The van der Waals surface area contributed by atoms with Crippen molar-refractivity contribution in [1.82, 2.24) is 10.2 Å². The van der Waals surface area contributed by atoms with Crippen molar-refractivity contribution < 1.29 is 22.7 Å². The summed E-state index contributed by atoms with van der Waals surface area (Å²) in [5.74, 6) is -0.0457. The number of benzene rings is 1. The zero-order chi connectivity index (χ0) is 15.9. The third kappa shape index (κ3) is 8.41. The lowest BCUT2D eigenvalue weighted by molar-refractivity contribution is -0.138. The molecule has 0 saturated carbocycles. The van der Waals surface area contributed by atoms with Crippen LogP contribution in [-0.2, 0) is 4.79 Å². The molecule has 1 amide bonds. The normalized spacial score (nSPS) is 11.5. The van der Waals surface area contributed by atoms with E-state index in [4.69, 9.17) is 16.3 Å². The molecule has 0 aliphatic carbocycles. The fraction of sp³-hybridized carbons (Fsp3) is 0.462. The van der Waals surface area contributed by atoms with Crippen molar-refractivity contribution in [2.75, 3.05) is 33.3 Å². The van der Waals surface area contributed by atoms with Gasteiger partial charge in [0, 0.05) is 11.6 Å². The highest BCUT2D eigenvalue weighted by Gasteiger charge is 2.27. The number of carbonyl (C=O) groups excluding carboxylic acids is 1. The first-order valence-corrected chi connectivity index (χ1v) is 6.54. The van der Waals surface area contributed by atoms with Crippen molar-refractivity contribution in [3.63, 3.8) is 0 Å². The second kappa shape index (κ2) is 8.09. The molecule has 1 rings (SSSR count). The summed E-state index contributed by atoms with van der Waals surface area (Å²) in [5.41, 5.74) is 0. The highest BCUT2D eigenvalue weighted by molar-refractivity contribution is 6.30. The van der Waals surface area contributed by atoms with E-state index in [9.17, 15) is 18.0 Å². The molecule has 1 aromatic carbocycles. The van der Waals surface area contributed by atoms with Gasteiger partial charge in [0.15, 0.2) is 0 Å². The van der Waals surface area contributed by atoms with Crippen molar-refractivity contribution in [1.29, 1.82) is 0 Å². The first kappa shape index (κ1) is 17.6. The lowest BCUT2D eigenvalue weighted by Crippen LogP contribution is -2.40. The van der Waals surface area contributed by atoms with Crippen LogP contribution in [0.3, 0.4) is 0 Å². The summed E-state index contributed by atoms with van der Waals surface area (Å²) >= 11 is 5.73. The third-order valence-corrected chi connectivity index (χ3v) is 2.71. The predicted molar refractivity (Wildman–Crippen MR) is 73.5 cm³/mol. The number of ether oxygens (including phenoxy) is 1. The topological polar surface area (TPSA) is 41.6 Å². The van der Waals surface area contributed by atoms with Gasteiger partial charge in [-0.25, -0.2) is 0 Å². The summed E-state index contributed by atoms with van der Waals surface area (Å²) < 4.78 is 41.2. The Balaban J connectivity index is 2.20. The summed E-state index contributed by atoms with van der Waals surface area (Å²) in [6.45, 7) is -0.728. The Morgan fingerprint density at radius 1 is 1.33 bits per heavy atom. The number of halogens is 4. The molecule has 0 atom stereocenters. The molecular formula is C13H16ClF3N2O2. The van der Waals surface area contributed by atoms with Crippen LogP contribution < -0.4 is 10.1 Å². The van der Waals surface area contributed by atoms with Gasteiger partial charge in [0.2, 0.25) is 5.91 Å². The molecule has 0 spiro atoms. The van der Waals surface area contributed by atoms with Gasteiger partial charge in [-0.2, -0.15) is 13.2 Å². The Morgan fingerprint density at radius 3 is 2.52 bits per heavy atom. The van der Waals surface area contributed by atoms with Crippen molar-refractivity contribution in [3.8, 4) is 5.75 Å². The maximum Gasteiger partial charge on any atom is 0.405 e. The maximum atomic E-state index is 11.9. The molecule has 8 heteroatoms. The van der Waals surface area contributed by atoms with E-state index in [1.165, 1.54) is 0 Å². The first-order chi connectivity index (χ1) is 9.76. The van der Waals surface area contributed by atoms with Gasteiger partial charge in [0.1, 0.15) is 18.9 Å². The Labute approximate surface area is 125 Å². The second-order valence-corrected chi connectivity index (χ2v) is 4.87. The van der Waals surface area contributed by atoms with E-state index in [1.807, 2.05) is 0 Å². The van der Waals surface area contributed by atoms with Crippen LogP contribution in [0.25, 0.3) is 0 Å². The van der Waals surface area contributed by atoms with Crippen molar-refractivity contribution in [2.24, 2.45) is 0 Å². The summed E-state index contributed by atoms with van der Waals surface area (Å²) in [6, 6.07) is 6.78. The second-order valence-electron chi connectivity index (χ2n) is 4.43. The minimum absolute atomic E-state index is 0.125. The van der Waals surface area contributed by atoms with E-state index < -0.39 is 18.6 Å². The van der Waals surface area contributed by atoms with Crippen LogP contribution in [0.2, 0.25) is 5.02 Å². The van der Waals surface area contributed by atoms with E-state index in [1.54, 1.807) is 41.5 Å². The average molecular weight is 325 g/mol. The smallest absolute Gasteiger partial charge is 0.405 e. The van der Waals surface area contributed by atoms with Gasteiger partial charge >= 0.3 is 6.18 Å². The monoisotopic (exact) mass is 324 g/mol. The number of likely N-dealkylation sites (N-methyl/N-ethyl adjacent to an activating group) is 1. The molecule has 0 aliphatic rings. The van der Waals surface area contributed by atoms with Crippen LogP contribution in [0.1, 0.15) is 0 Å². The third-order valence-electron chi connectivity index (χ3n) is 2.45. The number of hydrogen-bond acceptors (Lipinski definition) is 3. The van der Waals surface area contributed by atoms with Gasteiger partial charge in [-0.1, -0.05) is 11.6 Å². The average Bonchev–Trinajstić information content (AvgIpc) is 2.38. The van der Waals surface area contributed by atoms with Gasteiger partial charge in [-0.3, -0.25) is 9.69 Å². The Hall–Kier alpha value is -1.47. The van der Waals surface area contributed by atoms with Crippen LogP contribution in [0, 0.1) is 0 Å². The Bertz CT molecular complexity index is 452. The zero-order valence-electron chi connectivity index (χ0n) is 11.4. The molecule has 21 heavy (non-hydrogen) atoms. The molecule has 1 N–H and O–H groups in total. The molecule has 0 aliphatic heterocycles. The van der Waals surface area contributed by atoms with Crippen LogP contribution in [-0.4, -0.2) is 50.3 Å². The number of alkyl halides is 3. The minimum atomic E-state index is -4.40. The molecule has 0 heterocycles. The zero-order valence-corrected chi connectivity index (χ0v) is 12.2. The molecular weight excluding hydrogens is 309 g/mol. The molecule has 4 nitrogen and oxygen atoms in total. The summed E-state index contributed by atoms with van der Waals surface area (Å²) in [7, 11) is 1.62. The summed E-state index contributed by atoms with van der Waals surface area (Å²) in [5, 5.41) is 2.40. The SMILES string of the molecule is CN(CCOc1ccc(Cl)cc1)CC(=O)NCC(F)(F)F. The molecule has 0 radical (unpaired) electrons. The Kier molecular flexibility index (Phi) is 6.77. The van der Waals surface area contributed by atoms with Crippen LogP contribution in [0.15, 0.2) is 24.3 Å². The molecule has 0 fully saturated rings. The van der Waals surface area contributed by atoms with Gasteiger partial charge in [0.05, 0.1) is 6.54 Å². The van der Waals surface area contributed by atoms with E-state index in [-0.39, 0.29) is 6.54 Å². The predicted octanol–water partition coefficient (Wildman–Crippen LogP) is 2.33. The Morgan fingerprint density at radius 2 is 1.95 bits per heavy atom. The van der Waals surface area contributed by atoms with Crippen LogP contribution in [0.4, 0.5) is 13.2 Å². The molecule has 1 aromatic rings. The fourth-order valence-electron chi connectivity index (χ4n) is 1.43. The van der Waals surface area contributed by atoms with Crippen LogP contribution >= 0.6 is 11.6 Å². The van der Waals surface area contributed by atoms with Crippen LogP contribution in [0.5, 0.6) is 5.75 Å². The number of nitrogens with zero attached hydrogens (tertiary/aromatic N) is 1. The molecule has 0 unspecified atom stereocenters. The maximum absolute atomic E-state index is 11.9. The van der Waals surface area contributed by atoms with E-state index >= 15 is 0 Å². The summed E-state index contributed by atoms with van der Waals surface area (Å²) in [6.07, 6.45) is -4.40. The molecule has 118 valence electrons. The first-order valence-electron chi connectivity index (χ1n) is 6.16. The number of nitrogens with one attached hydrogen (secondary N) is 1.